The molecule has 0 unspecified atom stereocenters. The molecule has 25 heavy (non-hydrogen) atoms. The Morgan fingerprint density at radius 2 is 1.60 bits per heavy atom. The van der Waals surface area contributed by atoms with Crippen molar-refractivity contribution in [2.45, 2.75) is 19.1 Å². The van der Waals surface area contributed by atoms with Gasteiger partial charge in [-0.1, -0.05) is 66.6 Å². The van der Waals surface area contributed by atoms with Crippen molar-refractivity contribution in [2.75, 3.05) is 6.54 Å². The summed E-state index contributed by atoms with van der Waals surface area (Å²) in [6.45, 7) is 0.0334. The second-order valence-electron chi connectivity index (χ2n) is 5.48. The maximum atomic E-state index is 12.4. The van der Waals surface area contributed by atoms with Gasteiger partial charge in [-0.05, 0) is 11.1 Å². The van der Waals surface area contributed by atoms with Crippen molar-refractivity contribution in [2.24, 2.45) is 5.73 Å². The zero-order valence-corrected chi connectivity index (χ0v) is 13.8. The number of primary amides is 1. The second-order valence-corrected chi connectivity index (χ2v) is 5.48. The molecule has 0 bridgehead atoms. The Kier molecular flexibility index (Phi) is 6.61. The van der Waals surface area contributed by atoms with E-state index in [1.165, 1.54) is 4.90 Å². The first-order valence-electron chi connectivity index (χ1n) is 7.86. The summed E-state index contributed by atoms with van der Waals surface area (Å²) in [5, 5.41) is 0. The first-order chi connectivity index (χ1) is 12.1. The molecule has 0 aromatic heterocycles. The minimum absolute atomic E-state index is 0.0614. The number of carbonyl (C=O) groups excluding carboxylic acids is 2. The fourth-order valence-corrected chi connectivity index (χ4v) is 2.40. The summed E-state index contributed by atoms with van der Waals surface area (Å²) in [4.78, 5) is 25.5. The lowest BCUT2D eigenvalue weighted by Gasteiger charge is -2.27. The van der Waals surface area contributed by atoms with Gasteiger partial charge >= 0.3 is 6.09 Å². The number of hydrogen-bond acceptors (Lipinski definition) is 3. The van der Waals surface area contributed by atoms with E-state index in [1.54, 1.807) is 0 Å². The summed E-state index contributed by atoms with van der Waals surface area (Å²) >= 11 is 0. The smallest absolute Gasteiger partial charge is 0.411 e. The zero-order valence-electron chi connectivity index (χ0n) is 13.8. The predicted octanol–water partition coefficient (Wildman–Crippen LogP) is 2.35. The molecule has 0 fully saturated rings. The summed E-state index contributed by atoms with van der Waals surface area (Å²) in [6.07, 6.45) is 4.97. The third-order valence-corrected chi connectivity index (χ3v) is 3.68. The van der Waals surface area contributed by atoms with Crippen LogP contribution >= 0.6 is 0 Å². The molecule has 0 aliphatic rings. The van der Waals surface area contributed by atoms with Gasteiger partial charge in [-0.3, -0.25) is 9.69 Å². The van der Waals surface area contributed by atoms with Crippen molar-refractivity contribution in [1.29, 1.82) is 0 Å². The first kappa shape index (κ1) is 18.1. The normalized spacial score (nSPS) is 11.2. The van der Waals surface area contributed by atoms with Crippen LogP contribution < -0.4 is 5.73 Å². The lowest BCUT2D eigenvalue weighted by atomic mass is 10.0. The minimum Gasteiger partial charge on any atom is -0.445 e. The predicted molar refractivity (Wildman–Crippen MR) is 95.3 cm³/mol. The topological polar surface area (TPSA) is 72.6 Å². The molecule has 5 nitrogen and oxygen atoms in total. The van der Waals surface area contributed by atoms with Crippen LogP contribution in [0, 0.1) is 12.3 Å². The van der Waals surface area contributed by atoms with Crippen molar-refractivity contribution < 1.29 is 14.3 Å². The molecule has 0 saturated heterocycles. The standard InChI is InChI=1S/C20H20N2O3/c1-2-13-22(20(24)25-15-17-11-7-4-8-12-17)18(19(21)23)14-16-9-5-3-6-10-16/h1,3-12,18H,13-15H2,(H2,21,23)/t18-/m0/s1. The van der Waals surface area contributed by atoms with Gasteiger partial charge in [0, 0.05) is 6.42 Å². The minimum atomic E-state index is -0.873. The first-order valence-corrected chi connectivity index (χ1v) is 7.86. The third-order valence-electron chi connectivity index (χ3n) is 3.68. The molecular formula is C20H20N2O3. The van der Waals surface area contributed by atoms with Crippen molar-refractivity contribution in [3.8, 4) is 12.3 Å². The molecular weight excluding hydrogens is 316 g/mol. The molecule has 0 saturated carbocycles. The van der Waals surface area contributed by atoms with Crippen LogP contribution in [-0.4, -0.2) is 29.5 Å². The number of terminal acetylenes is 1. The number of amides is 2. The maximum absolute atomic E-state index is 12.4. The number of benzene rings is 2. The van der Waals surface area contributed by atoms with Gasteiger partial charge in [-0.2, -0.15) is 0 Å². The summed E-state index contributed by atoms with van der Waals surface area (Å²) in [5.74, 6) is 1.76. The monoisotopic (exact) mass is 336 g/mol. The van der Waals surface area contributed by atoms with Gasteiger partial charge < -0.3 is 10.5 Å². The number of carbonyl (C=O) groups is 2. The van der Waals surface area contributed by atoms with Gasteiger partial charge in [-0.15, -0.1) is 6.42 Å². The molecule has 0 aliphatic heterocycles. The highest BCUT2D eigenvalue weighted by Crippen LogP contribution is 2.12. The number of nitrogens with zero attached hydrogens (tertiary/aromatic N) is 1. The highest BCUT2D eigenvalue weighted by molar-refractivity contribution is 5.84. The molecule has 0 radical (unpaired) electrons. The lowest BCUT2D eigenvalue weighted by molar-refractivity contribution is -0.122. The second kappa shape index (κ2) is 9.14. The number of nitrogens with two attached hydrogens (primary N) is 1. The molecule has 0 heterocycles. The van der Waals surface area contributed by atoms with Crippen LogP contribution in [0.1, 0.15) is 11.1 Å². The molecule has 2 aromatic rings. The Morgan fingerprint density at radius 1 is 1.04 bits per heavy atom. The van der Waals surface area contributed by atoms with Crippen molar-refractivity contribution in [1.82, 2.24) is 4.90 Å². The largest absolute Gasteiger partial charge is 0.445 e. The zero-order chi connectivity index (χ0) is 18.1. The van der Waals surface area contributed by atoms with E-state index in [1.807, 2.05) is 60.7 Å². The Bertz CT molecular complexity index is 739. The van der Waals surface area contributed by atoms with Gasteiger partial charge in [0.15, 0.2) is 0 Å². The Morgan fingerprint density at radius 3 is 2.12 bits per heavy atom. The molecule has 0 aliphatic carbocycles. The molecule has 0 spiro atoms. The van der Waals surface area contributed by atoms with Crippen LogP contribution in [0.15, 0.2) is 60.7 Å². The van der Waals surface area contributed by atoms with Gasteiger partial charge in [0.05, 0.1) is 6.54 Å². The van der Waals surface area contributed by atoms with Crippen LogP contribution in [0.3, 0.4) is 0 Å². The summed E-state index contributed by atoms with van der Waals surface area (Å²) in [7, 11) is 0. The molecule has 2 amide bonds. The third kappa shape index (κ3) is 5.40. The SMILES string of the molecule is C#CCN(C(=O)OCc1ccccc1)[C@@H](Cc1ccccc1)C(N)=O. The quantitative estimate of drug-likeness (QED) is 0.789. The fourth-order valence-electron chi connectivity index (χ4n) is 2.40. The average Bonchev–Trinajstić information content (AvgIpc) is 2.64. The number of hydrogen-bond donors (Lipinski definition) is 1. The van der Waals surface area contributed by atoms with Crippen LogP contribution in [-0.2, 0) is 22.6 Å². The van der Waals surface area contributed by atoms with Crippen molar-refractivity contribution in [3.63, 3.8) is 0 Å². The van der Waals surface area contributed by atoms with E-state index in [-0.39, 0.29) is 19.6 Å². The highest BCUT2D eigenvalue weighted by Gasteiger charge is 2.29. The summed E-state index contributed by atoms with van der Waals surface area (Å²) in [6, 6.07) is 17.7. The lowest BCUT2D eigenvalue weighted by Crippen LogP contribution is -2.49. The summed E-state index contributed by atoms with van der Waals surface area (Å²) < 4.78 is 5.30. The van der Waals surface area contributed by atoms with Gasteiger partial charge in [-0.25, -0.2) is 4.79 Å². The van der Waals surface area contributed by atoms with Crippen LogP contribution in [0.2, 0.25) is 0 Å². The Labute approximate surface area is 147 Å². The van der Waals surface area contributed by atoms with Gasteiger partial charge in [0.2, 0.25) is 5.91 Å². The van der Waals surface area contributed by atoms with Crippen molar-refractivity contribution in [3.05, 3.63) is 71.8 Å². The Hall–Kier alpha value is -3.26. The van der Waals surface area contributed by atoms with E-state index in [9.17, 15) is 9.59 Å². The van der Waals surface area contributed by atoms with E-state index < -0.39 is 18.0 Å². The van der Waals surface area contributed by atoms with Gasteiger partial charge in [0.1, 0.15) is 12.6 Å². The molecule has 1 atom stereocenters. The van der Waals surface area contributed by atoms with E-state index in [0.717, 1.165) is 11.1 Å². The highest BCUT2D eigenvalue weighted by atomic mass is 16.6. The van der Waals surface area contributed by atoms with E-state index in [2.05, 4.69) is 5.92 Å². The molecule has 2 aromatic carbocycles. The van der Waals surface area contributed by atoms with E-state index in [0.29, 0.717) is 0 Å². The molecule has 128 valence electrons. The van der Waals surface area contributed by atoms with Gasteiger partial charge in [0.25, 0.3) is 0 Å². The van der Waals surface area contributed by atoms with Crippen LogP contribution in [0.25, 0.3) is 0 Å². The average molecular weight is 336 g/mol. The molecule has 5 heteroatoms. The van der Waals surface area contributed by atoms with Crippen LogP contribution in [0.5, 0.6) is 0 Å². The number of rotatable bonds is 7. The fraction of sp³-hybridized carbons (Fsp3) is 0.200. The van der Waals surface area contributed by atoms with Crippen LogP contribution in [0.4, 0.5) is 4.79 Å². The summed E-state index contributed by atoms with van der Waals surface area (Å²) in [5.41, 5.74) is 7.23. The Balaban J connectivity index is 2.10. The number of ether oxygens (including phenoxy) is 1. The van der Waals surface area contributed by atoms with Crippen molar-refractivity contribution >= 4 is 12.0 Å². The maximum Gasteiger partial charge on any atom is 0.411 e. The molecule has 2 rings (SSSR count). The molecule has 2 N–H and O–H groups in total. The van der Waals surface area contributed by atoms with E-state index in [4.69, 9.17) is 16.9 Å². The van der Waals surface area contributed by atoms with E-state index >= 15 is 0 Å².